The van der Waals surface area contributed by atoms with E-state index in [2.05, 4.69) is 4.98 Å². The molecule has 0 radical (unpaired) electrons. The van der Waals surface area contributed by atoms with E-state index >= 15 is 0 Å². The molecule has 6 nitrogen and oxygen atoms in total. The van der Waals surface area contributed by atoms with Crippen molar-refractivity contribution in [3.05, 3.63) is 17.2 Å². The van der Waals surface area contributed by atoms with Gasteiger partial charge in [0.15, 0.2) is 5.69 Å². The van der Waals surface area contributed by atoms with Crippen molar-refractivity contribution in [2.24, 2.45) is 0 Å². The molecule has 1 aliphatic rings. The molecule has 0 amide bonds. The van der Waals surface area contributed by atoms with Crippen LogP contribution in [0.1, 0.15) is 61.5 Å². The van der Waals surface area contributed by atoms with Gasteiger partial charge in [0.05, 0.1) is 11.6 Å². The van der Waals surface area contributed by atoms with Crippen LogP contribution in [0.2, 0.25) is 0 Å². The summed E-state index contributed by atoms with van der Waals surface area (Å²) in [4.78, 5) is 26.8. The van der Waals surface area contributed by atoms with Crippen LogP contribution in [-0.4, -0.2) is 31.7 Å². The molecule has 0 bridgehead atoms. The Hall–Kier alpha value is -1.85. The molecule has 1 unspecified atom stereocenters. The number of aromatic nitrogens is 2. The summed E-state index contributed by atoms with van der Waals surface area (Å²) in [6, 6.07) is 0. The zero-order chi connectivity index (χ0) is 14.4. The number of carboxylic acid groups (broad SMARTS) is 2. The van der Waals surface area contributed by atoms with Crippen molar-refractivity contribution in [1.29, 1.82) is 0 Å². The molecule has 0 saturated heterocycles. The van der Waals surface area contributed by atoms with Crippen LogP contribution in [0, 0.1) is 0 Å². The normalized spacial score (nSPS) is 19.0. The molecule has 0 saturated carbocycles. The third-order valence-electron chi connectivity index (χ3n) is 3.38. The first-order valence-electron chi connectivity index (χ1n) is 6.30. The summed E-state index contributed by atoms with van der Waals surface area (Å²) in [6.07, 6.45) is 1.19. The maximum atomic E-state index is 11.3. The highest BCUT2D eigenvalue weighted by atomic mass is 16.4. The SMILES string of the molecule is CC(C)(C)c1nc(C(=O)O)c2n1CCCC2C(=O)O. The van der Waals surface area contributed by atoms with Crippen LogP contribution in [0.15, 0.2) is 0 Å². The van der Waals surface area contributed by atoms with E-state index in [0.717, 1.165) is 6.42 Å². The van der Waals surface area contributed by atoms with Crippen LogP contribution in [0.25, 0.3) is 0 Å². The number of carbonyl (C=O) groups is 2. The quantitative estimate of drug-likeness (QED) is 0.852. The van der Waals surface area contributed by atoms with Gasteiger partial charge in [0.1, 0.15) is 5.82 Å². The summed E-state index contributed by atoms with van der Waals surface area (Å²) in [5.74, 6) is -2.27. The van der Waals surface area contributed by atoms with Crippen LogP contribution < -0.4 is 0 Å². The molecule has 2 N–H and O–H groups in total. The third kappa shape index (κ3) is 2.22. The van der Waals surface area contributed by atoms with Gasteiger partial charge >= 0.3 is 11.9 Å². The van der Waals surface area contributed by atoms with Gasteiger partial charge in [0.25, 0.3) is 0 Å². The number of aliphatic carboxylic acids is 1. The third-order valence-corrected chi connectivity index (χ3v) is 3.38. The van der Waals surface area contributed by atoms with Gasteiger partial charge in [-0.15, -0.1) is 0 Å². The Morgan fingerprint density at radius 2 is 1.95 bits per heavy atom. The largest absolute Gasteiger partial charge is 0.481 e. The van der Waals surface area contributed by atoms with Crippen molar-refractivity contribution in [2.45, 2.75) is 51.5 Å². The number of nitrogens with zero attached hydrogens (tertiary/aromatic N) is 2. The van der Waals surface area contributed by atoms with E-state index < -0.39 is 17.9 Å². The Balaban J connectivity index is 2.69. The first-order chi connectivity index (χ1) is 8.73. The minimum atomic E-state index is -1.16. The first-order valence-corrected chi connectivity index (χ1v) is 6.30. The molecule has 1 aromatic heterocycles. The fourth-order valence-corrected chi connectivity index (χ4v) is 2.61. The minimum Gasteiger partial charge on any atom is -0.481 e. The van der Waals surface area contributed by atoms with Gasteiger partial charge in [0.2, 0.25) is 0 Å². The Morgan fingerprint density at radius 1 is 1.32 bits per heavy atom. The van der Waals surface area contributed by atoms with Crippen molar-refractivity contribution in [3.8, 4) is 0 Å². The van der Waals surface area contributed by atoms with Gasteiger partial charge in [-0.1, -0.05) is 20.8 Å². The molecule has 19 heavy (non-hydrogen) atoms. The molecule has 0 spiro atoms. The van der Waals surface area contributed by atoms with E-state index in [1.165, 1.54) is 0 Å². The summed E-state index contributed by atoms with van der Waals surface area (Å²) < 4.78 is 1.78. The summed E-state index contributed by atoms with van der Waals surface area (Å²) in [7, 11) is 0. The van der Waals surface area contributed by atoms with E-state index in [1.807, 2.05) is 20.8 Å². The summed E-state index contributed by atoms with van der Waals surface area (Å²) >= 11 is 0. The lowest BCUT2D eigenvalue weighted by atomic mass is 9.92. The number of imidazole rings is 1. The van der Waals surface area contributed by atoms with E-state index in [0.29, 0.717) is 24.5 Å². The topological polar surface area (TPSA) is 92.4 Å². The van der Waals surface area contributed by atoms with Crippen LogP contribution in [0.3, 0.4) is 0 Å². The second-order valence-electron chi connectivity index (χ2n) is 5.91. The van der Waals surface area contributed by atoms with E-state index in [1.54, 1.807) is 4.57 Å². The maximum absolute atomic E-state index is 11.3. The molecule has 0 aliphatic carbocycles. The number of rotatable bonds is 2. The molecule has 2 heterocycles. The zero-order valence-electron chi connectivity index (χ0n) is 11.3. The molecule has 1 aromatic rings. The minimum absolute atomic E-state index is 0.114. The lowest BCUT2D eigenvalue weighted by Gasteiger charge is -2.26. The van der Waals surface area contributed by atoms with Gasteiger partial charge < -0.3 is 14.8 Å². The molecule has 0 aromatic carbocycles. The standard InChI is InChI=1S/C13H18N2O4/c1-13(2,3)12-14-8(11(18)19)9-7(10(16)17)5-4-6-15(9)12/h7H,4-6H2,1-3H3,(H,16,17)(H,18,19). The summed E-state index contributed by atoms with van der Waals surface area (Å²) in [5.41, 5.74) is -0.0868. The van der Waals surface area contributed by atoms with Crippen LogP contribution >= 0.6 is 0 Å². The molecular weight excluding hydrogens is 248 g/mol. The predicted octanol–water partition coefficient (Wildman–Crippen LogP) is 1.84. The van der Waals surface area contributed by atoms with Gasteiger partial charge in [-0.2, -0.15) is 0 Å². The van der Waals surface area contributed by atoms with Gasteiger partial charge in [-0.3, -0.25) is 4.79 Å². The lowest BCUT2D eigenvalue weighted by Crippen LogP contribution is -2.27. The molecule has 1 atom stereocenters. The van der Waals surface area contributed by atoms with E-state index in [-0.39, 0.29) is 11.1 Å². The molecule has 0 fully saturated rings. The average Bonchev–Trinajstić information content (AvgIpc) is 2.67. The molecular formula is C13H18N2O4. The fraction of sp³-hybridized carbons (Fsp3) is 0.615. The Bertz CT molecular complexity index is 540. The number of fused-ring (bicyclic) bond motifs is 1. The maximum Gasteiger partial charge on any atom is 0.356 e. The Labute approximate surface area is 111 Å². The predicted molar refractivity (Wildman–Crippen MR) is 67.5 cm³/mol. The second-order valence-corrected chi connectivity index (χ2v) is 5.91. The van der Waals surface area contributed by atoms with E-state index in [9.17, 15) is 19.8 Å². The van der Waals surface area contributed by atoms with Crippen LogP contribution in [-0.2, 0) is 16.8 Å². The molecule has 2 rings (SSSR count). The Morgan fingerprint density at radius 3 is 2.42 bits per heavy atom. The van der Waals surface area contributed by atoms with Crippen molar-refractivity contribution < 1.29 is 19.8 Å². The van der Waals surface area contributed by atoms with Crippen LogP contribution in [0.5, 0.6) is 0 Å². The Kier molecular flexibility index (Phi) is 3.12. The van der Waals surface area contributed by atoms with Crippen molar-refractivity contribution in [2.75, 3.05) is 0 Å². The highest BCUT2D eigenvalue weighted by Crippen LogP contribution is 2.35. The van der Waals surface area contributed by atoms with E-state index in [4.69, 9.17) is 0 Å². The van der Waals surface area contributed by atoms with Gasteiger partial charge in [0, 0.05) is 12.0 Å². The van der Waals surface area contributed by atoms with Gasteiger partial charge in [-0.05, 0) is 12.8 Å². The molecule has 1 aliphatic heterocycles. The lowest BCUT2D eigenvalue weighted by molar-refractivity contribution is -0.139. The highest BCUT2D eigenvalue weighted by Gasteiger charge is 2.37. The van der Waals surface area contributed by atoms with Crippen molar-refractivity contribution in [1.82, 2.24) is 9.55 Å². The smallest absolute Gasteiger partial charge is 0.356 e. The fourth-order valence-electron chi connectivity index (χ4n) is 2.61. The number of carboxylic acids is 2. The highest BCUT2D eigenvalue weighted by molar-refractivity contribution is 5.90. The van der Waals surface area contributed by atoms with Crippen molar-refractivity contribution in [3.63, 3.8) is 0 Å². The number of hydrogen-bond donors (Lipinski definition) is 2. The summed E-state index contributed by atoms with van der Waals surface area (Å²) in [6.45, 7) is 6.46. The average molecular weight is 266 g/mol. The second kappa shape index (κ2) is 4.36. The van der Waals surface area contributed by atoms with Crippen LogP contribution in [0.4, 0.5) is 0 Å². The number of hydrogen-bond acceptors (Lipinski definition) is 3. The molecule has 6 heteroatoms. The first kappa shape index (κ1) is 13.6. The zero-order valence-corrected chi connectivity index (χ0v) is 11.3. The molecule has 104 valence electrons. The monoisotopic (exact) mass is 266 g/mol. The number of aromatic carboxylic acids is 1. The van der Waals surface area contributed by atoms with Gasteiger partial charge in [-0.25, -0.2) is 9.78 Å². The summed E-state index contributed by atoms with van der Waals surface area (Å²) in [5, 5.41) is 18.5. The van der Waals surface area contributed by atoms with Crippen molar-refractivity contribution >= 4 is 11.9 Å².